The second kappa shape index (κ2) is 7.33. The van der Waals surface area contributed by atoms with Gasteiger partial charge in [0, 0.05) is 16.1 Å². The molecule has 25 heavy (non-hydrogen) atoms. The van der Waals surface area contributed by atoms with Crippen molar-refractivity contribution in [3.63, 3.8) is 0 Å². The van der Waals surface area contributed by atoms with Crippen LogP contribution in [0.3, 0.4) is 0 Å². The van der Waals surface area contributed by atoms with Crippen molar-refractivity contribution in [1.82, 2.24) is 15.5 Å². The number of phenolic OH excluding ortho intramolecular Hbond substituents is 1. The molecule has 3 aromatic rings. The van der Waals surface area contributed by atoms with E-state index in [9.17, 15) is 15.0 Å². The largest absolute Gasteiger partial charge is 0.508 e. The number of aliphatic hydroxyl groups excluding tert-OH is 1. The van der Waals surface area contributed by atoms with Crippen LogP contribution < -0.4 is 5.32 Å². The van der Waals surface area contributed by atoms with Gasteiger partial charge in [-0.2, -0.15) is 0 Å². The summed E-state index contributed by atoms with van der Waals surface area (Å²) in [7, 11) is 0. The smallest absolute Gasteiger partial charge is 0.251 e. The summed E-state index contributed by atoms with van der Waals surface area (Å²) in [6.07, 6.45) is 0. The van der Waals surface area contributed by atoms with Crippen molar-refractivity contribution in [3.05, 3.63) is 65.0 Å². The van der Waals surface area contributed by atoms with E-state index in [2.05, 4.69) is 15.5 Å². The van der Waals surface area contributed by atoms with Gasteiger partial charge in [-0.1, -0.05) is 11.6 Å². The van der Waals surface area contributed by atoms with Crippen LogP contribution in [0.15, 0.2) is 52.9 Å². The standard InChI is InChI=1S/C17H14ClN3O4/c18-12-5-1-10(2-6-12)15(24)19-14(9-22)17-21-20-16(25-17)11-3-7-13(23)8-4-11/h1-8,14,22-23H,9H2,(H,19,24)/t14-/m0/s1. The maximum Gasteiger partial charge on any atom is 0.251 e. The van der Waals surface area contributed by atoms with Crippen LogP contribution in [0, 0.1) is 0 Å². The number of hydrogen-bond acceptors (Lipinski definition) is 6. The van der Waals surface area contributed by atoms with E-state index in [1.54, 1.807) is 36.4 Å². The molecule has 128 valence electrons. The molecular weight excluding hydrogens is 346 g/mol. The first kappa shape index (κ1) is 16.9. The fourth-order valence-electron chi connectivity index (χ4n) is 2.12. The van der Waals surface area contributed by atoms with Crippen molar-refractivity contribution in [2.24, 2.45) is 0 Å². The Kier molecular flexibility index (Phi) is 4.97. The van der Waals surface area contributed by atoms with Crippen LogP contribution in [0.5, 0.6) is 5.75 Å². The summed E-state index contributed by atoms with van der Waals surface area (Å²) in [6, 6.07) is 11.7. The lowest BCUT2D eigenvalue weighted by Gasteiger charge is -2.12. The maximum absolute atomic E-state index is 12.2. The van der Waals surface area contributed by atoms with E-state index in [4.69, 9.17) is 16.0 Å². The van der Waals surface area contributed by atoms with E-state index in [-0.39, 0.29) is 17.5 Å². The molecule has 0 aliphatic rings. The van der Waals surface area contributed by atoms with E-state index in [1.165, 1.54) is 12.1 Å². The molecule has 7 nitrogen and oxygen atoms in total. The molecule has 0 aliphatic carbocycles. The highest BCUT2D eigenvalue weighted by Crippen LogP contribution is 2.23. The minimum Gasteiger partial charge on any atom is -0.508 e. The number of aromatic nitrogens is 2. The van der Waals surface area contributed by atoms with Gasteiger partial charge in [0.2, 0.25) is 11.8 Å². The number of hydrogen-bond donors (Lipinski definition) is 3. The minimum atomic E-state index is -0.846. The van der Waals surface area contributed by atoms with E-state index < -0.39 is 18.6 Å². The lowest BCUT2D eigenvalue weighted by molar-refractivity contribution is 0.0905. The van der Waals surface area contributed by atoms with Crippen LogP contribution in [0.25, 0.3) is 11.5 Å². The first-order chi connectivity index (χ1) is 12.1. The third-order valence-corrected chi connectivity index (χ3v) is 3.70. The number of carbonyl (C=O) groups is 1. The van der Waals surface area contributed by atoms with E-state index in [0.717, 1.165) is 0 Å². The molecule has 1 amide bonds. The summed E-state index contributed by atoms with van der Waals surface area (Å²) in [6.45, 7) is -0.406. The van der Waals surface area contributed by atoms with Crippen LogP contribution in [-0.4, -0.2) is 32.9 Å². The molecule has 0 fully saturated rings. The topological polar surface area (TPSA) is 108 Å². The van der Waals surface area contributed by atoms with Gasteiger partial charge in [-0.15, -0.1) is 10.2 Å². The van der Waals surface area contributed by atoms with Crippen molar-refractivity contribution in [2.75, 3.05) is 6.61 Å². The van der Waals surface area contributed by atoms with Gasteiger partial charge in [0.1, 0.15) is 11.8 Å². The number of nitrogens with zero attached hydrogens (tertiary/aromatic N) is 2. The first-order valence-electron chi connectivity index (χ1n) is 7.37. The summed E-state index contributed by atoms with van der Waals surface area (Å²) in [4.78, 5) is 12.2. The average Bonchev–Trinajstić information content (AvgIpc) is 3.10. The van der Waals surface area contributed by atoms with Gasteiger partial charge in [0.25, 0.3) is 5.91 Å². The highest BCUT2D eigenvalue weighted by molar-refractivity contribution is 6.30. The van der Waals surface area contributed by atoms with Crippen LogP contribution >= 0.6 is 11.6 Å². The maximum atomic E-state index is 12.2. The Labute approximate surface area is 147 Å². The SMILES string of the molecule is O=C(N[C@@H](CO)c1nnc(-c2ccc(O)cc2)o1)c1ccc(Cl)cc1. The van der Waals surface area contributed by atoms with Crippen LogP contribution in [-0.2, 0) is 0 Å². The zero-order valence-electron chi connectivity index (χ0n) is 12.9. The summed E-state index contributed by atoms with van der Waals surface area (Å²) >= 11 is 5.80. The average molecular weight is 360 g/mol. The Morgan fingerprint density at radius 2 is 1.80 bits per heavy atom. The van der Waals surface area contributed by atoms with E-state index in [1.807, 2.05) is 0 Å². The number of carbonyl (C=O) groups excluding carboxylic acids is 1. The fourth-order valence-corrected chi connectivity index (χ4v) is 2.25. The molecule has 0 bridgehead atoms. The van der Waals surface area contributed by atoms with Gasteiger partial charge >= 0.3 is 0 Å². The summed E-state index contributed by atoms with van der Waals surface area (Å²) in [5.41, 5.74) is 0.999. The number of aromatic hydroxyl groups is 1. The Bertz CT molecular complexity index is 862. The molecule has 0 unspecified atom stereocenters. The van der Waals surface area contributed by atoms with Crippen molar-refractivity contribution in [3.8, 4) is 17.2 Å². The van der Waals surface area contributed by atoms with Gasteiger partial charge in [0.15, 0.2) is 0 Å². The number of phenols is 1. The van der Waals surface area contributed by atoms with Gasteiger partial charge < -0.3 is 19.9 Å². The Morgan fingerprint density at radius 3 is 2.44 bits per heavy atom. The number of nitrogens with one attached hydrogen (secondary N) is 1. The predicted octanol–water partition coefficient (Wildman–Crippen LogP) is 2.56. The second-order valence-corrected chi connectivity index (χ2v) is 5.64. The summed E-state index contributed by atoms with van der Waals surface area (Å²) in [5, 5.41) is 29.8. The Balaban J connectivity index is 1.76. The van der Waals surface area contributed by atoms with Crippen LogP contribution in [0.1, 0.15) is 22.3 Å². The molecule has 1 atom stereocenters. The molecule has 3 N–H and O–H groups in total. The Morgan fingerprint density at radius 1 is 1.12 bits per heavy atom. The van der Waals surface area contributed by atoms with Crippen LogP contribution in [0.4, 0.5) is 0 Å². The summed E-state index contributed by atoms with van der Waals surface area (Å²) in [5.74, 6) is 0.00846. The fraction of sp³-hybridized carbons (Fsp3) is 0.118. The molecule has 2 aromatic carbocycles. The van der Waals surface area contributed by atoms with Crippen molar-refractivity contribution in [1.29, 1.82) is 0 Å². The van der Waals surface area contributed by atoms with Crippen molar-refractivity contribution in [2.45, 2.75) is 6.04 Å². The molecule has 0 spiro atoms. The molecule has 0 saturated heterocycles. The minimum absolute atomic E-state index is 0.0767. The highest BCUT2D eigenvalue weighted by atomic mass is 35.5. The zero-order chi connectivity index (χ0) is 17.8. The normalized spacial score (nSPS) is 11.9. The number of rotatable bonds is 5. The molecule has 1 heterocycles. The quantitative estimate of drug-likeness (QED) is 0.646. The van der Waals surface area contributed by atoms with Gasteiger partial charge in [-0.25, -0.2) is 0 Å². The molecule has 0 saturated carbocycles. The lowest BCUT2D eigenvalue weighted by atomic mass is 10.2. The first-order valence-corrected chi connectivity index (χ1v) is 7.74. The monoisotopic (exact) mass is 359 g/mol. The number of halogens is 1. The molecule has 1 aromatic heterocycles. The molecule has 0 radical (unpaired) electrons. The van der Waals surface area contributed by atoms with Crippen molar-refractivity contribution >= 4 is 17.5 Å². The van der Waals surface area contributed by atoms with Gasteiger partial charge in [-0.05, 0) is 48.5 Å². The molecule has 3 rings (SSSR count). The van der Waals surface area contributed by atoms with Crippen LogP contribution in [0.2, 0.25) is 5.02 Å². The third-order valence-electron chi connectivity index (χ3n) is 3.45. The number of benzene rings is 2. The number of aliphatic hydroxyl groups is 1. The zero-order valence-corrected chi connectivity index (χ0v) is 13.6. The summed E-state index contributed by atoms with van der Waals surface area (Å²) < 4.78 is 5.52. The van der Waals surface area contributed by atoms with Gasteiger partial charge in [0.05, 0.1) is 6.61 Å². The molecule has 8 heteroatoms. The number of amides is 1. The second-order valence-electron chi connectivity index (χ2n) is 5.21. The third kappa shape index (κ3) is 3.96. The van der Waals surface area contributed by atoms with E-state index >= 15 is 0 Å². The molecular formula is C17H14ClN3O4. The van der Waals surface area contributed by atoms with Gasteiger partial charge in [-0.3, -0.25) is 4.79 Å². The lowest BCUT2D eigenvalue weighted by Crippen LogP contribution is -2.31. The predicted molar refractivity (Wildman–Crippen MR) is 90.1 cm³/mol. The molecule has 0 aliphatic heterocycles. The van der Waals surface area contributed by atoms with E-state index in [0.29, 0.717) is 16.1 Å². The Hall–Kier alpha value is -2.90. The van der Waals surface area contributed by atoms with Crippen molar-refractivity contribution < 1.29 is 19.4 Å². The highest BCUT2D eigenvalue weighted by Gasteiger charge is 2.21.